The molecule has 1 aliphatic carbocycles. The summed E-state index contributed by atoms with van der Waals surface area (Å²) in [6.45, 7) is 3.53. The van der Waals surface area contributed by atoms with E-state index in [1.165, 1.54) is 12.1 Å². The molecule has 1 N–H and O–H groups in total. The Morgan fingerprint density at radius 2 is 1.96 bits per heavy atom. The summed E-state index contributed by atoms with van der Waals surface area (Å²) in [5, 5.41) is 7.02. The minimum atomic E-state index is -4.38. The fraction of sp³-hybridized carbons (Fsp3) is 0.412. The van der Waals surface area contributed by atoms with Crippen LogP contribution >= 0.6 is 0 Å². The number of amides is 1. The van der Waals surface area contributed by atoms with Gasteiger partial charge in [0, 0.05) is 24.7 Å². The number of rotatable bonds is 3. The van der Waals surface area contributed by atoms with Gasteiger partial charge in [0.2, 0.25) is 0 Å². The van der Waals surface area contributed by atoms with Crippen LogP contribution in [0, 0.1) is 13.8 Å². The van der Waals surface area contributed by atoms with Gasteiger partial charge in [-0.05, 0) is 31.9 Å². The number of aryl methyl sites for hydroxylation is 2. The Morgan fingerprint density at radius 3 is 2.54 bits per heavy atom. The first-order valence-corrected chi connectivity index (χ1v) is 7.67. The number of alkyl halides is 3. The van der Waals surface area contributed by atoms with Crippen LogP contribution in [-0.4, -0.2) is 21.7 Å². The van der Waals surface area contributed by atoms with Gasteiger partial charge in [-0.25, -0.2) is 0 Å². The first-order chi connectivity index (χ1) is 11.2. The van der Waals surface area contributed by atoms with Gasteiger partial charge in [0.05, 0.1) is 16.8 Å². The number of hydrogen-bond acceptors (Lipinski definition) is 2. The molecular formula is C17H18F3N3O. The fourth-order valence-electron chi connectivity index (χ4n) is 3.12. The monoisotopic (exact) mass is 337 g/mol. The maximum absolute atomic E-state index is 13.1. The lowest BCUT2D eigenvalue weighted by molar-refractivity contribution is -0.138. The van der Waals surface area contributed by atoms with Crippen molar-refractivity contribution < 1.29 is 18.0 Å². The zero-order valence-electron chi connectivity index (χ0n) is 13.6. The molecule has 4 nitrogen and oxygen atoms in total. The average molecular weight is 337 g/mol. The molecule has 0 bridgehead atoms. The van der Waals surface area contributed by atoms with E-state index in [0.29, 0.717) is 17.7 Å². The number of benzene rings is 1. The summed E-state index contributed by atoms with van der Waals surface area (Å²) < 4.78 is 40.9. The first-order valence-electron chi connectivity index (χ1n) is 7.67. The number of nitrogens with one attached hydrogen (secondary N) is 1. The first kappa shape index (κ1) is 16.5. The number of halogens is 3. The Balaban J connectivity index is 1.76. The van der Waals surface area contributed by atoms with Gasteiger partial charge in [-0.3, -0.25) is 9.48 Å². The van der Waals surface area contributed by atoms with Crippen LogP contribution in [0.2, 0.25) is 0 Å². The molecule has 1 amide bonds. The molecule has 0 aliphatic heterocycles. The van der Waals surface area contributed by atoms with Crippen LogP contribution in [0.5, 0.6) is 0 Å². The van der Waals surface area contributed by atoms with E-state index in [1.54, 1.807) is 31.6 Å². The van der Waals surface area contributed by atoms with Crippen molar-refractivity contribution in [3.05, 3.63) is 52.3 Å². The molecule has 2 aromatic rings. The zero-order valence-corrected chi connectivity index (χ0v) is 13.6. The van der Waals surface area contributed by atoms with Crippen LogP contribution in [0.15, 0.2) is 24.3 Å². The summed E-state index contributed by atoms with van der Waals surface area (Å²) in [4.78, 5) is 12.4. The minimum Gasteiger partial charge on any atom is -0.349 e. The Bertz CT molecular complexity index is 795. The molecule has 1 aromatic heterocycles. The summed E-state index contributed by atoms with van der Waals surface area (Å²) in [5.41, 5.74) is 1.46. The molecule has 1 saturated carbocycles. The highest BCUT2D eigenvalue weighted by Crippen LogP contribution is 2.46. The van der Waals surface area contributed by atoms with Gasteiger partial charge < -0.3 is 5.32 Å². The van der Waals surface area contributed by atoms with Crippen molar-refractivity contribution in [1.29, 1.82) is 0 Å². The number of carbonyl (C=O) groups excluding carboxylic acids is 1. The SMILES string of the molecule is Cc1nn(C)c(C)c1C(=O)N[C@H]1C[C@H]1c1ccccc1C(F)(F)F. The summed E-state index contributed by atoms with van der Waals surface area (Å²) in [6.07, 6.45) is -3.87. The van der Waals surface area contributed by atoms with Crippen LogP contribution < -0.4 is 5.32 Å². The number of nitrogens with zero attached hydrogens (tertiary/aromatic N) is 2. The average Bonchev–Trinajstić information content (AvgIpc) is 3.19. The lowest BCUT2D eigenvalue weighted by Gasteiger charge is -2.12. The molecule has 0 unspecified atom stereocenters. The van der Waals surface area contributed by atoms with E-state index >= 15 is 0 Å². The Kier molecular flexibility index (Phi) is 3.89. The molecule has 1 aromatic carbocycles. The molecule has 24 heavy (non-hydrogen) atoms. The van der Waals surface area contributed by atoms with Crippen LogP contribution in [0.3, 0.4) is 0 Å². The molecule has 0 spiro atoms. The highest BCUT2D eigenvalue weighted by Gasteiger charge is 2.45. The predicted molar refractivity (Wildman–Crippen MR) is 82.7 cm³/mol. The van der Waals surface area contributed by atoms with E-state index in [2.05, 4.69) is 10.4 Å². The third-order valence-electron chi connectivity index (χ3n) is 4.51. The minimum absolute atomic E-state index is 0.245. The van der Waals surface area contributed by atoms with E-state index in [0.717, 1.165) is 11.8 Å². The van der Waals surface area contributed by atoms with Crippen molar-refractivity contribution in [1.82, 2.24) is 15.1 Å². The maximum Gasteiger partial charge on any atom is 0.416 e. The summed E-state index contributed by atoms with van der Waals surface area (Å²) >= 11 is 0. The predicted octanol–water partition coefficient (Wildman–Crippen LogP) is 3.34. The largest absolute Gasteiger partial charge is 0.416 e. The summed E-state index contributed by atoms with van der Waals surface area (Å²) in [7, 11) is 1.75. The second-order valence-corrected chi connectivity index (χ2v) is 6.18. The quantitative estimate of drug-likeness (QED) is 0.934. The van der Waals surface area contributed by atoms with Gasteiger partial charge in [0.25, 0.3) is 5.91 Å². The molecule has 1 fully saturated rings. The topological polar surface area (TPSA) is 46.9 Å². The van der Waals surface area contributed by atoms with E-state index in [-0.39, 0.29) is 23.4 Å². The lowest BCUT2D eigenvalue weighted by atomic mass is 10.0. The van der Waals surface area contributed by atoms with Gasteiger partial charge in [0.1, 0.15) is 0 Å². The van der Waals surface area contributed by atoms with E-state index < -0.39 is 11.7 Å². The van der Waals surface area contributed by atoms with Gasteiger partial charge in [-0.2, -0.15) is 18.3 Å². The van der Waals surface area contributed by atoms with Crippen molar-refractivity contribution in [2.45, 2.75) is 38.4 Å². The third-order valence-corrected chi connectivity index (χ3v) is 4.51. The van der Waals surface area contributed by atoms with Crippen LogP contribution in [0.4, 0.5) is 13.2 Å². The molecule has 1 aliphatic rings. The second kappa shape index (κ2) is 5.65. The van der Waals surface area contributed by atoms with Gasteiger partial charge in [-0.15, -0.1) is 0 Å². The summed E-state index contributed by atoms with van der Waals surface area (Å²) in [6, 6.07) is 5.27. The number of aromatic nitrogens is 2. The Hall–Kier alpha value is -2.31. The van der Waals surface area contributed by atoms with Crippen LogP contribution in [-0.2, 0) is 13.2 Å². The van der Waals surface area contributed by atoms with Crippen molar-refractivity contribution >= 4 is 5.91 Å². The number of carbonyl (C=O) groups is 1. The summed E-state index contributed by atoms with van der Waals surface area (Å²) in [5.74, 6) is -0.584. The third kappa shape index (κ3) is 2.90. The number of hydrogen-bond donors (Lipinski definition) is 1. The Morgan fingerprint density at radius 1 is 1.29 bits per heavy atom. The molecule has 3 rings (SSSR count). The van der Waals surface area contributed by atoms with E-state index in [1.807, 2.05) is 0 Å². The lowest BCUT2D eigenvalue weighted by Crippen LogP contribution is -2.27. The second-order valence-electron chi connectivity index (χ2n) is 6.18. The molecular weight excluding hydrogens is 319 g/mol. The molecule has 0 radical (unpaired) electrons. The Labute approximate surface area is 137 Å². The van der Waals surface area contributed by atoms with Gasteiger partial charge >= 0.3 is 6.18 Å². The van der Waals surface area contributed by atoms with Crippen molar-refractivity contribution in [3.8, 4) is 0 Å². The highest BCUT2D eigenvalue weighted by atomic mass is 19.4. The van der Waals surface area contributed by atoms with Crippen LogP contribution in [0.1, 0.15) is 45.2 Å². The molecule has 1 heterocycles. The smallest absolute Gasteiger partial charge is 0.349 e. The van der Waals surface area contributed by atoms with Crippen LogP contribution in [0.25, 0.3) is 0 Å². The van der Waals surface area contributed by atoms with Gasteiger partial charge in [0.15, 0.2) is 0 Å². The standard InChI is InChI=1S/C17H18F3N3O/c1-9-15(10(2)23(3)22-9)16(24)21-14-8-12(14)11-6-4-5-7-13(11)17(18,19)20/h4-7,12,14H,8H2,1-3H3,(H,21,24)/t12-,14-/m0/s1. The maximum atomic E-state index is 13.1. The van der Waals surface area contributed by atoms with Gasteiger partial charge in [-0.1, -0.05) is 18.2 Å². The molecule has 0 saturated heterocycles. The highest BCUT2D eigenvalue weighted by molar-refractivity contribution is 5.96. The zero-order chi connectivity index (χ0) is 17.6. The van der Waals surface area contributed by atoms with Crippen molar-refractivity contribution in [2.75, 3.05) is 0 Å². The molecule has 128 valence electrons. The van der Waals surface area contributed by atoms with Crippen molar-refractivity contribution in [2.24, 2.45) is 7.05 Å². The van der Waals surface area contributed by atoms with Crippen molar-refractivity contribution in [3.63, 3.8) is 0 Å². The fourth-order valence-corrected chi connectivity index (χ4v) is 3.12. The molecule has 7 heteroatoms. The molecule has 2 atom stereocenters. The normalized spacial score (nSPS) is 20.1. The van der Waals surface area contributed by atoms with E-state index in [4.69, 9.17) is 0 Å². The van der Waals surface area contributed by atoms with E-state index in [9.17, 15) is 18.0 Å².